The van der Waals surface area contributed by atoms with E-state index in [0.717, 1.165) is 5.56 Å². The number of benzene rings is 1. The van der Waals surface area contributed by atoms with E-state index in [-0.39, 0.29) is 5.75 Å². The average Bonchev–Trinajstić information content (AvgIpc) is 2.59. The minimum absolute atomic E-state index is 0.190. The number of nitrogen functional groups attached to an aromatic ring is 1. The minimum Gasteiger partial charge on any atom is -0.493 e. The second kappa shape index (κ2) is 4.08. The van der Waals surface area contributed by atoms with Gasteiger partial charge in [0.05, 0.1) is 13.3 Å². The van der Waals surface area contributed by atoms with E-state index in [9.17, 15) is 4.39 Å². The molecule has 0 atom stereocenters. The van der Waals surface area contributed by atoms with Crippen LogP contribution in [-0.2, 0) is 7.05 Å². The highest BCUT2D eigenvalue weighted by atomic mass is 19.1. The molecule has 17 heavy (non-hydrogen) atoms. The molecule has 0 aliphatic rings. The molecule has 2 rings (SSSR count). The van der Waals surface area contributed by atoms with Crippen molar-refractivity contribution < 1.29 is 9.13 Å². The van der Waals surface area contributed by atoms with E-state index in [4.69, 9.17) is 10.5 Å². The van der Waals surface area contributed by atoms with Crippen LogP contribution >= 0.6 is 0 Å². The average molecular weight is 235 g/mol. The van der Waals surface area contributed by atoms with Gasteiger partial charge in [-0.3, -0.25) is 4.68 Å². The number of nitrogens with two attached hydrogens (primary N) is 1. The van der Waals surface area contributed by atoms with Gasteiger partial charge in [0.25, 0.3) is 0 Å². The lowest BCUT2D eigenvalue weighted by Crippen LogP contribution is -1.99. The largest absolute Gasteiger partial charge is 0.493 e. The van der Waals surface area contributed by atoms with Crippen LogP contribution in [0.4, 0.5) is 10.2 Å². The molecule has 90 valence electrons. The first kappa shape index (κ1) is 11.4. The number of hydrogen-bond acceptors (Lipinski definition) is 3. The quantitative estimate of drug-likeness (QED) is 0.867. The predicted molar refractivity (Wildman–Crippen MR) is 64.3 cm³/mol. The van der Waals surface area contributed by atoms with Gasteiger partial charge in [-0.05, 0) is 24.6 Å². The van der Waals surface area contributed by atoms with Crippen molar-refractivity contribution in [2.24, 2.45) is 7.05 Å². The summed E-state index contributed by atoms with van der Waals surface area (Å²) in [4.78, 5) is 0. The Bertz CT molecular complexity index is 563. The van der Waals surface area contributed by atoms with Crippen molar-refractivity contribution in [3.05, 3.63) is 29.7 Å². The van der Waals surface area contributed by atoms with Gasteiger partial charge >= 0.3 is 0 Å². The Balaban J connectivity index is 2.70. The fourth-order valence-electron chi connectivity index (χ4n) is 1.79. The first-order valence-electron chi connectivity index (χ1n) is 5.16. The molecule has 0 spiro atoms. The van der Waals surface area contributed by atoms with E-state index >= 15 is 0 Å². The van der Waals surface area contributed by atoms with Crippen molar-refractivity contribution >= 4 is 5.82 Å². The summed E-state index contributed by atoms with van der Waals surface area (Å²) in [6.45, 7) is 1.82. The van der Waals surface area contributed by atoms with Gasteiger partial charge in [0, 0.05) is 18.2 Å². The molecule has 0 aliphatic carbocycles. The lowest BCUT2D eigenvalue weighted by Gasteiger charge is -2.10. The van der Waals surface area contributed by atoms with Crippen molar-refractivity contribution in [2.45, 2.75) is 6.92 Å². The minimum atomic E-state index is -0.397. The van der Waals surface area contributed by atoms with Gasteiger partial charge in [0.15, 0.2) is 11.6 Å². The fourth-order valence-corrected chi connectivity index (χ4v) is 1.79. The summed E-state index contributed by atoms with van der Waals surface area (Å²) in [6, 6.07) is 3.25. The van der Waals surface area contributed by atoms with Gasteiger partial charge in [-0.25, -0.2) is 4.39 Å². The Morgan fingerprint density at radius 1 is 1.35 bits per heavy atom. The zero-order valence-electron chi connectivity index (χ0n) is 9.99. The lowest BCUT2D eigenvalue weighted by atomic mass is 10.0. The van der Waals surface area contributed by atoms with Crippen LogP contribution in [0.15, 0.2) is 18.3 Å². The smallest absolute Gasteiger partial charge is 0.165 e. The summed E-state index contributed by atoms with van der Waals surface area (Å²) < 4.78 is 20.4. The number of nitrogens with zero attached hydrogens (tertiary/aromatic N) is 2. The number of anilines is 1. The normalized spacial score (nSPS) is 10.6. The van der Waals surface area contributed by atoms with Crippen LogP contribution in [0.3, 0.4) is 0 Å². The summed E-state index contributed by atoms with van der Waals surface area (Å²) >= 11 is 0. The highest BCUT2D eigenvalue weighted by Crippen LogP contribution is 2.36. The van der Waals surface area contributed by atoms with Crippen molar-refractivity contribution in [3.8, 4) is 16.9 Å². The third-order valence-electron chi connectivity index (χ3n) is 2.67. The van der Waals surface area contributed by atoms with E-state index < -0.39 is 5.82 Å². The van der Waals surface area contributed by atoms with Gasteiger partial charge in [0.1, 0.15) is 5.82 Å². The van der Waals surface area contributed by atoms with Gasteiger partial charge in [-0.15, -0.1) is 0 Å². The molecule has 2 N–H and O–H groups in total. The summed E-state index contributed by atoms with van der Waals surface area (Å²) in [7, 11) is 3.17. The van der Waals surface area contributed by atoms with Crippen LogP contribution in [0.25, 0.3) is 11.1 Å². The van der Waals surface area contributed by atoms with Crippen molar-refractivity contribution in [1.29, 1.82) is 0 Å². The molecule has 0 bridgehead atoms. The van der Waals surface area contributed by atoms with E-state index in [1.54, 1.807) is 13.2 Å². The van der Waals surface area contributed by atoms with Gasteiger partial charge < -0.3 is 10.5 Å². The SMILES string of the molecule is COc1c(F)cc(C)cc1-c1cnn(C)c1N. The molecule has 0 amide bonds. The lowest BCUT2D eigenvalue weighted by molar-refractivity contribution is 0.388. The van der Waals surface area contributed by atoms with Crippen LogP contribution in [-0.4, -0.2) is 16.9 Å². The highest BCUT2D eigenvalue weighted by molar-refractivity contribution is 5.79. The number of hydrogen-bond donors (Lipinski definition) is 1. The first-order valence-corrected chi connectivity index (χ1v) is 5.16. The molecule has 2 aromatic rings. The van der Waals surface area contributed by atoms with Crippen LogP contribution in [0, 0.1) is 12.7 Å². The summed E-state index contributed by atoms with van der Waals surface area (Å²) in [5, 5.41) is 4.04. The van der Waals surface area contributed by atoms with Crippen LogP contribution in [0.1, 0.15) is 5.56 Å². The maximum Gasteiger partial charge on any atom is 0.165 e. The van der Waals surface area contributed by atoms with Crippen LogP contribution in [0.2, 0.25) is 0 Å². The molecule has 0 radical (unpaired) electrons. The van der Waals surface area contributed by atoms with Crippen molar-refractivity contribution in [1.82, 2.24) is 9.78 Å². The Morgan fingerprint density at radius 3 is 2.59 bits per heavy atom. The maximum atomic E-state index is 13.7. The van der Waals surface area contributed by atoms with Crippen LogP contribution in [0.5, 0.6) is 5.75 Å². The highest BCUT2D eigenvalue weighted by Gasteiger charge is 2.16. The summed E-state index contributed by atoms with van der Waals surface area (Å²) in [6.07, 6.45) is 1.60. The standard InChI is InChI=1S/C12H14FN3O/c1-7-4-8(11(17-3)10(13)5-7)9-6-15-16(2)12(9)14/h4-6H,14H2,1-3H3. The summed E-state index contributed by atoms with van der Waals surface area (Å²) in [5.74, 6) is 0.273. The molecule has 5 heteroatoms. The molecular weight excluding hydrogens is 221 g/mol. The summed E-state index contributed by atoms with van der Waals surface area (Å²) in [5.41, 5.74) is 7.98. The zero-order valence-corrected chi connectivity index (χ0v) is 9.99. The molecule has 0 fully saturated rings. The number of methoxy groups -OCH3 is 1. The predicted octanol–water partition coefficient (Wildman–Crippen LogP) is 2.13. The van der Waals surface area contributed by atoms with Crippen molar-refractivity contribution in [2.75, 3.05) is 12.8 Å². The molecule has 0 saturated carbocycles. The molecule has 0 aliphatic heterocycles. The zero-order chi connectivity index (χ0) is 12.6. The van der Waals surface area contributed by atoms with E-state index in [0.29, 0.717) is 16.9 Å². The molecule has 1 heterocycles. The Kier molecular flexibility index (Phi) is 2.75. The van der Waals surface area contributed by atoms with E-state index in [1.165, 1.54) is 17.9 Å². The van der Waals surface area contributed by atoms with Gasteiger partial charge in [-0.1, -0.05) is 0 Å². The molecule has 0 saturated heterocycles. The fraction of sp³-hybridized carbons (Fsp3) is 0.250. The number of rotatable bonds is 2. The number of halogens is 1. The molecule has 1 aromatic carbocycles. The molecular formula is C12H14FN3O. The van der Waals surface area contributed by atoms with Gasteiger partial charge in [0.2, 0.25) is 0 Å². The van der Waals surface area contributed by atoms with E-state index in [2.05, 4.69) is 5.10 Å². The Morgan fingerprint density at radius 2 is 2.06 bits per heavy atom. The molecule has 0 unspecified atom stereocenters. The van der Waals surface area contributed by atoms with E-state index in [1.807, 2.05) is 13.0 Å². The van der Waals surface area contributed by atoms with Crippen LogP contribution < -0.4 is 10.5 Å². The topological polar surface area (TPSA) is 53.1 Å². The molecule has 4 nitrogen and oxygen atoms in total. The maximum absolute atomic E-state index is 13.7. The second-order valence-electron chi connectivity index (χ2n) is 3.89. The molecule has 1 aromatic heterocycles. The third kappa shape index (κ3) is 1.84. The van der Waals surface area contributed by atoms with Crippen molar-refractivity contribution in [3.63, 3.8) is 0 Å². The number of ether oxygens (including phenoxy) is 1. The number of aryl methyl sites for hydroxylation is 2. The Hall–Kier alpha value is -2.04. The third-order valence-corrected chi connectivity index (χ3v) is 2.67. The Labute approximate surface area is 98.8 Å². The number of aromatic nitrogens is 2. The van der Waals surface area contributed by atoms with Gasteiger partial charge in [-0.2, -0.15) is 5.10 Å². The second-order valence-corrected chi connectivity index (χ2v) is 3.89. The first-order chi connectivity index (χ1) is 8.04. The monoisotopic (exact) mass is 235 g/mol.